The number of aromatic nitrogens is 1. The van der Waals surface area contributed by atoms with Crippen molar-refractivity contribution in [2.45, 2.75) is 6.92 Å². The second kappa shape index (κ2) is 8.36. The molecule has 1 amide bonds. The van der Waals surface area contributed by atoms with Crippen molar-refractivity contribution in [3.8, 4) is 17.0 Å². The zero-order valence-corrected chi connectivity index (χ0v) is 15.4. The Morgan fingerprint density at radius 1 is 1.04 bits per heavy atom. The first-order valence-corrected chi connectivity index (χ1v) is 8.78. The average Bonchev–Trinajstić information content (AvgIpc) is 2.68. The average molecular weight is 362 g/mol. The number of nitrogens with zero attached hydrogens (tertiary/aromatic N) is 1. The van der Waals surface area contributed by atoms with Crippen LogP contribution in [-0.4, -0.2) is 36.0 Å². The summed E-state index contributed by atoms with van der Waals surface area (Å²) in [6.45, 7) is 2.73. The molecule has 27 heavy (non-hydrogen) atoms. The maximum absolute atomic E-state index is 12.6. The first kappa shape index (κ1) is 18.5. The highest BCUT2D eigenvalue weighted by atomic mass is 16.5. The number of carbonyl (C=O) groups is 1. The summed E-state index contributed by atoms with van der Waals surface area (Å²) in [5, 5.41) is 0. The van der Waals surface area contributed by atoms with E-state index in [1.807, 2.05) is 61.5 Å². The molecule has 2 aromatic carbocycles. The van der Waals surface area contributed by atoms with Gasteiger partial charge in [-0.2, -0.15) is 0 Å². The van der Waals surface area contributed by atoms with Crippen molar-refractivity contribution in [3.63, 3.8) is 0 Å². The zero-order chi connectivity index (χ0) is 19.2. The maximum Gasteiger partial charge on any atom is 0.261 e. The highest BCUT2D eigenvalue weighted by Gasteiger charge is 2.16. The smallest absolute Gasteiger partial charge is 0.261 e. The highest BCUT2D eigenvalue weighted by molar-refractivity contribution is 5.93. The van der Waals surface area contributed by atoms with Gasteiger partial charge in [0.05, 0.1) is 6.54 Å². The Bertz CT molecular complexity index is 980. The third kappa shape index (κ3) is 4.64. The third-order valence-electron chi connectivity index (χ3n) is 4.25. The Kier molecular flexibility index (Phi) is 5.71. The molecule has 1 aromatic heterocycles. The first-order valence-electron chi connectivity index (χ1n) is 8.78. The molecule has 0 aliphatic carbocycles. The van der Waals surface area contributed by atoms with Crippen molar-refractivity contribution < 1.29 is 9.53 Å². The predicted molar refractivity (Wildman–Crippen MR) is 106 cm³/mol. The lowest BCUT2D eigenvalue weighted by molar-refractivity contribution is 0.0772. The minimum absolute atomic E-state index is 0.119. The molecule has 3 rings (SSSR count). The number of benzene rings is 2. The van der Waals surface area contributed by atoms with Crippen LogP contribution in [0.4, 0.5) is 0 Å². The quantitative estimate of drug-likeness (QED) is 0.730. The van der Waals surface area contributed by atoms with E-state index in [1.165, 1.54) is 4.90 Å². The molecule has 0 saturated heterocycles. The number of amides is 1. The van der Waals surface area contributed by atoms with Gasteiger partial charge in [0, 0.05) is 12.7 Å². The van der Waals surface area contributed by atoms with Gasteiger partial charge >= 0.3 is 0 Å². The summed E-state index contributed by atoms with van der Waals surface area (Å²) in [5.74, 6) is 0.419. The van der Waals surface area contributed by atoms with E-state index in [9.17, 15) is 9.59 Å². The minimum Gasteiger partial charge on any atom is -0.492 e. The topological polar surface area (TPSA) is 62.4 Å². The first-order chi connectivity index (χ1) is 13.0. The van der Waals surface area contributed by atoms with Gasteiger partial charge in [-0.1, -0.05) is 42.0 Å². The molecule has 1 N–H and O–H groups in total. The number of nitrogens with one attached hydrogen (secondary N) is 1. The highest BCUT2D eigenvalue weighted by Crippen LogP contribution is 2.17. The number of hydrogen-bond acceptors (Lipinski definition) is 3. The molecule has 0 radical (unpaired) electrons. The number of H-pyrrole nitrogens is 1. The monoisotopic (exact) mass is 362 g/mol. The Labute approximate surface area is 158 Å². The molecular formula is C22H22N2O3. The minimum atomic E-state index is -0.394. The van der Waals surface area contributed by atoms with Crippen molar-refractivity contribution >= 4 is 5.91 Å². The van der Waals surface area contributed by atoms with E-state index in [4.69, 9.17) is 4.74 Å². The molecule has 5 heteroatoms. The van der Waals surface area contributed by atoms with Crippen LogP contribution in [0.25, 0.3) is 11.3 Å². The molecule has 0 unspecified atom stereocenters. The molecule has 5 nitrogen and oxygen atoms in total. The Morgan fingerprint density at radius 2 is 1.81 bits per heavy atom. The summed E-state index contributed by atoms with van der Waals surface area (Å²) >= 11 is 0. The van der Waals surface area contributed by atoms with Crippen molar-refractivity contribution in [1.82, 2.24) is 9.88 Å². The van der Waals surface area contributed by atoms with Gasteiger partial charge in [0.1, 0.15) is 17.9 Å². The summed E-state index contributed by atoms with van der Waals surface area (Å²) in [6, 6.07) is 20.6. The van der Waals surface area contributed by atoms with Gasteiger partial charge in [0.15, 0.2) is 0 Å². The van der Waals surface area contributed by atoms with E-state index >= 15 is 0 Å². The third-order valence-corrected chi connectivity index (χ3v) is 4.25. The van der Waals surface area contributed by atoms with Gasteiger partial charge in [-0.25, -0.2) is 0 Å². The number of hydrogen-bond donors (Lipinski definition) is 1. The van der Waals surface area contributed by atoms with Gasteiger partial charge in [-0.05, 0) is 42.8 Å². The zero-order valence-electron chi connectivity index (χ0n) is 15.4. The van der Waals surface area contributed by atoms with Crippen molar-refractivity contribution in [3.05, 3.63) is 88.2 Å². The predicted octanol–water partition coefficient (Wildman–Crippen LogP) is 3.50. The second-order valence-electron chi connectivity index (χ2n) is 6.37. The number of carbonyl (C=O) groups excluding carboxylic acids is 1. The van der Waals surface area contributed by atoms with Gasteiger partial charge in [0.2, 0.25) is 0 Å². The van der Waals surface area contributed by atoms with Gasteiger partial charge < -0.3 is 14.6 Å². The molecule has 1 heterocycles. The molecule has 0 spiro atoms. The van der Waals surface area contributed by atoms with E-state index < -0.39 is 5.56 Å². The fourth-order valence-corrected chi connectivity index (χ4v) is 2.75. The normalized spacial score (nSPS) is 10.4. The van der Waals surface area contributed by atoms with Gasteiger partial charge in [-0.3, -0.25) is 9.59 Å². The van der Waals surface area contributed by atoms with Crippen LogP contribution in [0.1, 0.15) is 15.9 Å². The molecule has 0 aliphatic heterocycles. The standard InChI is InChI=1S/C22H22N2O3/c1-16-7-6-8-17(15-16)20-12-11-19(21(25)23-20)22(26)24(2)13-14-27-18-9-4-3-5-10-18/h3-12,15H,13-14H2,1-2H3,(H,23,25). The van der Waals surface area contributed by atoms with Crippen LogP contribution in [0.5, 0.6) is 5.75 Å². The summed E-state index contributed by atoms with van der Waals surface area (Å²) in [6.07, 6.45) is 0. The van der Waals surface area contributed by atoms with Crippen LogP contribution >= 0.6 is 0 Å². The summed E-state index contributed by atoms with van der Waals surface area (Å²) in [7, 11) is 1.66. The summed E-state index contributed by atoms with van der Waals surface area (Å²) in [4.78, 5) is 29.3. The molecular weight excluding hydrogens is 340 g/mol. The SMILES string of the molecule is Cc1cccc(-c2ccc(C(=O)N(C)CCOc3ccccc3)c(=O)[nH]2)c1. The molecule has 0 aliphatic rings. The van der Waals surface area contributed by atoms with E-state index in [0.29, 0.717) is 18.8 Å². The number of ether oxygens (including phenoxy) is 1. The lowest BCUT2D eigenvalue weighted by atomic mass is 10.1. The van der Waals surface area contributed by atoms with Crippen molar-refractivity contribution in [2.24, 2.45) is 0 Å². The lowest BCUT2D eigenvalue weighted by Gasteiger charge is -2.17. The van der Waals surface area contributed by atoms with E-state index in [-0.39, 0.29) is 11.5 Å². The number of rotatable bonds is 6. The number of pyridine rings is 1. The van der Waals surface area contributed by atoms with Crippen LogP contribution in [0.2, 0.25) is 0 Å². The lowest BCUT2D eigenvalue weighted by Crippen LogP contribution is -2.34. The van der Waals surface area contributed by atoms with Crippen molar-refractivity contribution in [2.75, 3.05) is 20.2 Å². The van der Waals surface area contributed by atoms with E-state index in [1.54, 1.807) is 19.2 Å². The number of likely N-dealkylation sites (N-methyl/N-ethyl adjacent to an activating group) is 1. The van der Waals surface area contributed by atoms with Crippen LogP contribution in [0, 0.1) is 6.92 Å². The Morgan fingerprint density at radius 3 is 2.52 bits per heavy atom. The Hall–Kier alpha value is -3.34. The molecule has 0 atom stereocenters. The number of aromatic amines is 1. The van der Waals surface area contributed by atoms with Crippen LogP contribution < -0.4 is 10.3 Å². The van der Waals surface area contributed by atoms with E-state index in [2.05, 4.69) is 4.98 Å². The molecule has 3 aromatic rings. The molecule has 0 saturated carbocycles. The largest absolute Gasteiger partial charge is 0.492 e. The van der Waals surface area contributed by atoms with E-state index in [0.717, 1.165) is 16.9 Å². The molecule has 138 valence electrons. The van der Waals surface area contributed by atoms with Crippen LogP contribution in [0.15, 0.2) is 71.5 Å². The maximum atomic E-state index is 12.6. The van der Waals surface area contributed by atoms with Gasteiger partial charge in [0.25, 0.3) is 11.5 Å². The fraction of sp³-hybridized carbons (Fsp3) is 0.182. The Balaban J connectivity index is 1.66. The molecule has 0 bridgehead atoms. The van der Waals surface area contributed by atoms with Crippen molar-refractivity contribution in [1.29, 1.82) is 0 Å². The van der Waals surface area contributed by atoms with Crippen LogP contribution in [-0.2, 0) is 0 Å². The van der Waals surface area contributed by atoms with Gasteiger partial charge in [-0.15, -0.1) is 0 Å². The fourth-order valence-electron chi connectivity index (χ4n) is 2.75. The summed E-state index contributed by atoms with van der Waals surface area (Å²) in [5.41, 5.74) is 2.43. The van der Waals surface area contributed by atoms with Crippen LogP contribution in [0.3, 0.4) is 0 Å². The second-order valence-corrected chi connectivity index (χ2v) is 6.37. The summed E-state index contributed by atoms with van der Waals surface area (Å²) < 4.78 is 5.60. The number of para-hydroxylation sites is 1. The number of aryl methyl sites for hydroxylation is 1. The molecule has 0 fully saturated rings.